The average Bonchev–Trinajstić information content (AvgIpc) is 2.75. The number of halogens is 2. The molecule has 1 atom stereocenters. The van der Waals surface area contributed by atoms with Crippen molar-refractivity contribution in [2.24, 2.45) is 0 Å². The highest BCUT2D eigenvalue weighted by atomic mass is 35.5. The van der Waals surface area contributed by atoms with E-state index < -0.39 is 6.10 Å². The number of nitrogens with one attached hydrogen (secondary N) is 1. The molecule has 1 unspecified atom stereocenters. The van der Waals surface area contributed by atoms with E-state index in [1.54, 1.807) is 12.1 Å². The van der Waals surface area contributed by atoms with Gasteiger partial charge in [-0.2, -0.15) is 0 Å². The van der Waals surface area contributed by atoms with Gasteiger partial charge < -0.3 is 19.9 Å². The Morgan fingerprint density at radius 3 is 3.00 bits per heavy atom. The molecule has 0 spiro atoms. The summed E-state index contributed by atoms with van der Waals surface area (Å²) in [6, 6.07) is 3.46. The fourth-order valence-electron chi connectivity index (χ4n) is 1.39. The van der Waals surface area contributed by atoms with Crippen LogP contribution in [-0.4, -0.2) is 30.4 Å². The molecule has 6 heteroatoms. The topological polar surface area (TPSA) is 50.7 Å². The lowest BCUT2D eigenvalue weighted by Gasteiger charge is -2.13. The van der Waals surface area contributed by atoms with Gasteiger partial charge in [-0.1, -0.05) is 11.6 Å². The van der Waals surface area contributed by atoms with Gasteiger partial charge in [0.15, 0.2) is 11.5 Å². The zero-order valence-electron chi connectivity index (χ0n) is 8.37. The normalized spacial score (nSPS) is 14.9. The van der Waals surface area contributed by atoms with Crippen LogP contribution in [0.1, 0.15) is 0 Å². The molecule has 16 heavy (non-hydrogen) atoms. The van der Waals surface area contributed by atoms with Gasteiger partial charge in [0.05, 0.1) is 22.7 Å². The standard InChI is InChI=1S/C10H11Cl2NO3/c11-3-6(14)4-13-9-7(12)1-2-8-10(9)16-5-15-8/h1-2,6,13-14H,3-5H2. The summed E-state index contributed by atoms with van der Waals surface area (Å²) in [6.45, 7) is 0.492. The summed E-state index contributed by atoms with van der Waals surface area (Å²) in [5.41, 5.74) is 0.626. The number of anilines is 1. The van der Waals surface area contributed by atoms with Crippen molar-refractivity contribution in [3.8, 4) is 11.5 Å². The van der Waals surface area contributed by atoms with Crippen LogP contribution in [0.5, 0.6) is 11.5 Å². The zero-order valence-corrected chi connectivity index (χ0v) is 9.88. The Balaban J connectivity index is 2.16. The summed E-state index contributed by atoms with van der Waals surface area (Å²) in [7, 11) is 0. The molecule has 2 rings (SSSR count). The van der Waals surface area contributed by atoms with Gasteiger partial charge in [-0.25, -0.2) is 0 Å². The maximum Gasteiger partial charge on any atom is 0.231 e. The van der Waals surface area contributed by atoms with Gasteiger partial charge in [0.1, 0.15) is 0 Å². The Morgan fingerprint density at radius 1 is 1.44 bits per heavy atom. The molecule has 2 N–H and O–H groups in total. The van der Waals surface area contributed by atoms with Crippen LogP contribution in [0, 0.1) is 0 Å². The number of alkyl halides is 1. The molecule has 0 fully saturated rings. The van der Waals surface area contributed by atoms with Gasteiger partial charge in [0, 0.05) is 6.54 Å². The van der Waals surface area contributed by atoms with Crippen LogP contribution in [0.3, 0.4) is 0 Å². The van der Waals surface area contributed by atoms with Gasteiger partial charge in [-0.05, 0) is 12.1 Å². The molecule has 0 amide bonds. The highest BCUT2D eigenvalue weighted by Crippen LogP contribution is 2.43. The average molecular weight is 264 g/mol. The van der Waals surface area contributed by atoms with E-state index in [0.717, 1.165) is 0 Å². The first kappa shape index (κ1) is 11.6. The molecule has 0 radical (unpaired) electrons. The van der Waals surface area contributed by atoms with E-state index >= 15 is 0 Å². The molecule has 0 saturated carbocycles. The molecular weight excluding hydrogens is 253 g/mol. The van der Waals surface area contributed by atoms with Crippen LogP contribution >= 0.6 is 23.2 Å². The first-order chi connectivity index (χ1) is 7.72. The third kappa shape index (κ3) is 2.29. The number of aliphatic hydroxyl groups is 1. The lowest BCUT2D eigenvalue weighted by atomic mass is 10.2. The third-order valence-electron chi connectivity index (χ3n) is 2.18. The van der Waals surface area contributed by atoms with Crippen LogP contribution in [0.2, 0.25) is 5.02 Å². The van der Waals surface area contributed by atoms with Crippen LogP contribution in [0.4, 0.5) is 5.69 Å². The number of hydrogen-bond donors (Lipinski definition) is 2. The van der Waals surface area contributed by atoms with Crippen molar-refractivity contribution >= 4 is 28.9 Å². The lowest BCUT2D eigenvalue weighted by molar-refractivity contribution is 0.174. The van der Waals surface area contributed by atoms with Crippen LogP contribution in [0.15, 0.2) is 12.1 Å². The second-order valence-electron chi connectivity index (χ2n) is 3.35. The van der Waals surface area contributed by atoms with E-state index in [2.05, 4.69) is 5.32 Å². The molecule has 0 aliphatic carbocycles. The minimum Gasteiger partial charge on any atom is -0.454 e. The fraction of sp³-hybridized carbons (Fsp3) is 0.400. The van der Waals surface area contributed by atoms with Crippen molar-refractivity contribution in [2.45, 2.75) is 6.10 Å². The van der Waals surface area contributed by atoms with Crippen LogP contribution in [-0.2, 0) is 0 Å². The summed E-state index contributed by atoms with van der Waals surface area (Å²) in [5, 5.41) is 12.9. The third-order valence-corrected chi connectivity index (χ3v) is 2.85. The summed E-state index contributed by atoms with van der Waals surface area (Å²) >= 11 is 11.5. The van der Waals surface area contributed by atoms with E-state index in [9.17, 15) is 5.11 Å². The Bertz CT molecular complexity index is 387. The lowest BCUT2D eigenvalue weighted by Crippen LogP contribution is -2.21. The molecule has 1 aliphatic rings. The van der Waals surface area contributed by atoms with Gasteiger partial charge >= 0.3 is 0 Å². The second-order valence-corrected chi connectivity index (χ2v) is 4.06. The predicted molar refractivity (Wildman–Crippen MR) is 62.8 cm³/mol. The number of rotatable bonds is 4. The van der Waals surface area contributed by atoms with Crippen molar-refractivity contribution in [1.82, 2.24) is 0 Å². The molecule has 1 aliphatic heterocycles. The van der Waals surface area contributed by atoms with E-state index in [4.69, 9.17) is 32.7 Å². The molecule has 0 saturated heterocycles. The number of hydrogen-bond acceptors (Lipinski definition) is 4. The molecule has 4 nitrogen and oxygen atoms in total. The van der Waals surface area contributed by atoms with Crippen molar-refractivity contribution < 1.29 is 14.6 Å². The fourth-order valence-corrected chi connectivity index (χ4v) is 1.71. The number of fused-ring (bicyclic) bond motifs is 1. The maximum absolute atomic E-state index is 9.35. The summed E-state index contributed by atoms with van der Waals surface area (Å²) in [4.78, 5) is 0. The van der Waals surface area contributed by atoms with Crippen LogP contribution in [0.25, 0.3) is 0 Å². The SMILES string of the molecule is OC(CCl)CNc1c(Cl)ccc2c1OCO2. The van der Waals surface area contributed by atoms with Gasteiger partial charge in [0.2, 0.25) is 6.79 Å². The summed E-state index contributed by atoms with van der Waals surface area (Å²) < 4.78 is 10.5. The molecule has 1 aromatic rings. The van der Waals surface area contributed by atoms with Crippen molar-refractivity contribution in [3.05, 3.63) is 17.2 Å². The molecule has 0 bridgehead atoms. The molecule has 0 aromatic heterocycles. The highest BCUT2D eigenvalue weighted by molar-refractivity contribution is 6.33. The first-order valence-corrected chi connectivity index (χ1v) is 5.69. The summed E-state index contributed by atoms with van der Waals surface area (Å²) in [6.07, 6.45) is -0.629. The Hall–Kier alpha value is -0.840. The van der Waals surface area contributed by atoms with E-state index in [1.807, 2.05) is 0 Å². The minimum atomic E-state index is -0.629. The molecule has 88 valence electrons. The van der Waals surface area contributed by atoms with E-state index in [0.29, 0.717) is 28.8 Å². The number of ether oxygens (including phenoxy) is 2. The van der Waals surface area contributed by atoms with Crippen molar-refractivity contribution in [1.29, 1.82) is 0 Å². The Kier molecular flexibility index (Phi) is 3.63. The molecule has 1 heterocycles. The maximum atomic E-state index is 9.35. The number of benzene rings is 1. The van der Waals surface area contributed by atoms with Gasteiger partial charge in [0.25, 0.3) is 0 Å². The number of aliphatic hydroxyl groups excluding tert-OH is 1. The predicted octanol–water partition coefficient (Wildman–Crippen LogP) is 2.08. The monoisotopic (exact) mass is 263 g/mol. The largest absolute Gasteiger partial charge is 0.454 e. The molecule has 1 aromatic carbocycles. The minimum absolute atomic E-state index is 0.164. The van der Waals surface area contributed by atoms with Crippen molar-refractivity contribution in [3.63, 3.8) is 0 Å². The Labute approximate surface area is 103 Å². The molecular formula is C10H11Cl2NO3. The second kappa shape index (κ2) is 4.99. The van der Waals surface area contributed by atoms with Gasteiger partial charge in [-0.3, -0.25) is 0 Å². The van der Waals surface area contributed by atoms with Crippen LogP contribution < -0.4 is 14.8 Å². The van der Waals surface area contributed by atoms with E-state index in [1.165, 1.54) is 0 Å². The smallest absolute Gasteiger partial charge is 0.231 e. The van der Waals surface area contributed by atoms with E-state index in [-0.39, 0.29) is 12.7 Å². The zero-order chi connectivity index (χ0) is 11.5. The first-order valence-electron chi connectivity index (χ1n) is 4.78. The Morgan fingerprint density at radius 2 is 2.25 bits per heavy atom. The van der Waals surface area contributed by atoms with Crippen molar-refractivity contribution in [2.75, 3.05) is 24.5 Å². The summed E-state index contributed by atoms with van der Waals surface area (Å²) in [5.74, 6) is 1.39. The quantitative estimate of drug-likeness (QED) is 0.817. The highest BCUT2D eigenvalue weighted by Gasteiger charge is 2.20. The van der Waals surface area contributed by atoms with Gasteiger partial charge in [-0.15, -0.1) is 11.6 Å².